The molecule has 0 aliphatic carbocycles. The van der Waals surface area contributed by atoms with E-state index in [0.717, 1.165) is 6.42 Å². The van der Waals surface area contributed by atoms with E-state index in [9.17, 15) is 24.6 Å². The lowest BCUT2D eigenvalue weighted by Crippen LogP contribution is -2.44. The Morgan fingerprint density at radius 3 is 1.61 bits per heavy atom. The first-order chi connectivity index (χ1) is 14.6. The zero-order valence-electron chi connectivity index (χ0n) is 18.0. The number of unbranched alkanes of at least 4 members (excludes halogenated alkanes) is 1. The lowest BCUT2D eigenvalue weighted by atomic mass is 10.3. The zero-order valence-corrected chi connectivity index (χ0v) is 18.0. The van der Waals surface area contributed by atoms with Gasteiger partial charge in [0.1, 0.15) is 0 Å². The molecular weight excluding hydrogens is 416 g/mol. The molecule has 0 aromatic rings. The third kappa shape index (κ3) is 18.6. The summed E-state index contributed by atoms with van der Waals surface area (Å²) in [6.45, 7) is 1.78. The highest BCUT2D eigenvalue weighted by Gasteiger charge is 2.19. The third-order valence-electron chi connectivity index (χ3n) is 4.20. The Morgan fingerprint density at radius 1 is 0.742 bits per heavy atom. The molecule has 5 N–H and O–H groups in total. The van der Waals surface area contributed by atoms with Gasteiger partial charge < -0.3 is 35.0 Å². The number of aliphatic carboxylic acids is 3. The molecule has 0 bridgehead atoms. The lowest BCUT2D eigenvalue weighted by molar-refractivity contribution is -0.143. The van der Waals surface area contributed by atoms with Gasteiger partial charge in [-0.3, -0.25) is 24.2 Å². The van der Waals surface area contributed by atoms with Crippen LogP contribution in [0.3, 0.4) is 0 Å². The SMILES string of the molecule is CCC(O)COCCCCOCC(O)CN(CCN(CC(=O)O)CC(=O)O)CC(=O)O. The molecule has 31 heavy (non-hydrogen) atoms. The summed E-state index contributed by atoms with van der Waals surface area (Å²) in [5, 5.41) is 46.2. The van der Waals surface area contributed by atoms with Crippen LogP contribution in [0.5, 0.6) is 0 Å². The number of hydrogen-bond donors (Lipinski definition) is 5. The zero-order chi connectivity index (χ0) is 23.6. The number of aliphatic hydroxyl groups excluding tert-OH is 2. The molecule has 2 atom stereocenters. The van der Waals surface area contributed by atoms with Gasteiger partial charge in [-0.1, -0.05) is 6.92 Å². The standard InChI is InChI=1S/C19H36N2O10/c1-2-15(22)13-30-7-3-4-8-31-14-16(23)9-20(10-17(24)25)5-6-21(11-18(26)27)12-19(28)29/h15-16,22-23H,2-14H2,1H3,(H,24,25)(H,26,27)(H,28,29). The van der Waals surface area contributed by atoms with Gasteiger partial charge in [0.25, 0.3) is 0 Å². The van der Waals surface area contributed by atoms with E-state index >= 15 is 0 Å². The van der Waals surface area contributed by atoms with Gasteiger partial charge in [0.05, 0.1) is 45.1 Å². The molecule has 0 saturated heterocycles. The number of carboxylic acids is 3. The third-order valence-corrected chi connectivity index (χ3v) is 4.20. The second kappa shape index (κ2) is 17.8. The van der Waals surface area contributed by atoms with Crippen LogP contribution in [-0.4, -0.2) is 131 Å². The van der Waals surface area contributed by atoms with Crippen molar-refractivity contribution in [3.8, 4) is 0 Å². The van der Waals surface area contributed by atoms with Crippen LogP contribution in [0, 0.1) is 0 Å². The molecule has 0 spiro atoms. The fourth-order valence-corrected chi connectivity index (χ4v) is 2.62. The highest BCUT2D eigenvalue weighted by atomic mass is 16.5. The maximum atomic E-state index is 11.1. The molecule has 0 saturated carbocycles. The van der Waals surface area contributed by atoms with E-state index in [1.54, 1.807) is 0 Å². The molecule has 182 valence electrons. The van der Waals surface area contributed by atoms with Crippen LogP contribution in [0.15, 0.2) is 0 Å². The number of nitrogens with zero attached hydrogens (tertiary/aromatic N) is 2. The van der Waals surface area contributed by atoms with Crippen molar-refractivity contribution in [2.24, 2.45) is 0 Å². The molecule has 12 heteroatoms. The van der Waals surface area contributed by atoms with Crippen LogP contribution in [0.2, 0.25) is 0 Å². The molecule has 0 amide bonds. The van der Waals surface area contributed by atoms with Crippen molar-refractivity contribution in [2.75, 3.05) is 65.7 Å². The van der Waals surface area contributed by atoms with Crippen molar-refractivity contribution >= 4 is 17.9 Å². The first-order valence-corrected chi connectivity index (χ1v) is 10.3. The monoisotopic (exact) mass is 452 g/mol. The Balaban J connectivity index is 4.22. The van der Waals surface area contributed by atoms with Gasteiger partial charge in [0.15, 0.2) is 0 Å². The minimum absolute atomic E-state index is 0.000505. The highest BCUT2D eigenvalue weighted by Crippen LogP contribution is 1.99. The van der Waals surface area contributed by atoms with Gasteiger partial charge in [0, 0.05) is 32.8 Å². The van der Waals surface area contributed by atoms with Crippen molar-refractivity contribution in [1.82, 2.24) is 9.80 Å². The summed E-state index contributed by atoms with van der Waals surface area (Å²) in [5.41, 5.74) is 0. The van der Waals surface area contributed by atoms with E-state index < -0.39 is 43.2 Å². The van der Waals surface area contributed by atoms with Crippen LogP contribution < -0.4 is 0 Å². The molecule has 0 radical (unpaired) electrons. The summed E-state index contributed by atoms with van der Waals surface area (Å²) in [7, 11) is 0. The Hall–Kier alpha value is -1.83. The number of carbonyl (C=O) groups is 3. The maximum Gasteiger partial charge on any atom is 0.317 e. The van der Waals surface area contributed by atoms with Gasteiger partial charge in [-0.2, -0.15) is 0 Å². The highest BCUT2D eigenvalue weighted by molar-refractivity contribution is 5.72. The van der Waals surface area contributed by atoms with Crippen LogP contribution in [0.1, 0.15) is 26.2 Å². The minimum Gasteiger partial charge on any atom is -0.480 e. The summed E-state index contributed by atoms with van der Waals surface area (Å²) in [5.74, 6) is -3.50. The first kappa shape index (κ1) is 29.2. The van der Waals surface area contributed by atoms with E-state index in [2.05, 4.69) is 0 Å². The summed E-state index contributed by atoms with van der Waals surface area (Å²) in [6, 6.07) is 0. The van der Waals surface area contributed by atoms with Crippen LogP contribution in [-0.2, 0) is 23.9 Å². The fraction of sp³-hybridized carbons (Fsp3) is 0.842. The van der Waals surface area contributed by atoms with Crippen molar-refractivity contribution in [3.63, 3.8) is 0 Å². The average Bonchev–Trinajstić information content (AvgIpc) is 2.66. The Morgan fingerprint density at radius 2 is 1.16 bits per heavy atom. The first-order valence-electron chi connectivity index (χ1n) is 10.3. The molecule has 2 unspecified atom stereocenters. The van der Waals surface area contributed by atoms with E-state index in [0.29, 0.717) is 32.7 Å². The van der Waals surface area contributed by atoms with Crippen molar-refractivity contribution in [2.45, 2.75) is 38.4 Å². The molecular formula is C19H36N2O10. The number of hydrogen-bond acceptors (Lipinski definition) is 9. The summed E-state index contributed by atoms with van der Waals surface area (Å²) in [4.78, 5) is 35.3. The minimum atomic E-state index is -1.19. The summed E-state index contributed by atoms with van der Waals surface area (Å²) < 4.78 is 10.7. The quantitative estimate of drug-likeness (QED) is 0.131. The van der Waals surface area contributed by atoms with Crippen LogP contribution >= 0.6 is 0 Å². The Bertz CT molecular complexity index is 504. The molecule has 0 rings (SSSR count). The fourth-order valence-electron chi connectivity index (χ4n) is 2.62. The predicted molar refractivity (Wildman–Crippen MR) is 109 cm³/mol. The van der Waals surface area contributed by atoms with Crippen molar-refractivity contribution < 1.29 is 49.4 Å². The van der Waals surface area contributed by atoms with Crippen LogP contribution in [0.25, 0.3) is 0 Å². The summed E-state index contributed by atoms with van der Waals surface area (Å²) >= 11 is 0. The molecule has 0 aliphatic heterocycles. The maximum absolute atomic E-state index is 11.1. The molecule has 0 heterocycles. The number of ether oxygens (including phenoxy) is 2. The van der Waals surface area contributed by atoms with Gasteiger partial charge in [-0.15, -0.1) is 0 Å². The number of rotatable bonds is 21. The molecule has 0 aromatic heterocycles. The Kier molecular flexibility index (Phi) is 16.8. The van der Waals surface area contributed by atoms with Gasteiger partial charge in [-0.05, 0) is 19.3 Å². The topological polar surface area (TPSA) is 177 Å². The lowest BCUT2D eigenvalue weighted by Gasteiger charge is -2.26. The largest absolute Gasteiger partial charge is 0.480 e. The molecule has 0 aromatic carbocycles. The van der Waals surface area contributed by atoms with E-state index in [1.165, 1.54) is 9.80 Å². The van der Waals surface area contributed by atoms with Crippen LogP contribution in [0.4, 0.5) is 0 Å². The average molecular weight is 453 g/mol. The van der Waals surface area contributed by atoms with E-state index in [1.807, 2.05) is 6.92 Å². The van der Waals surface area contributed by atoms with E-state index in [4.69, 9.17) is 24.8 Å². The normalized spacial score (nSPS) is 13.5. The molecule has 0 fully saturated rings. The van der Waals surface area contributed by atoms with Gasteiger partial charge in [0.2, 0.25) is 0 Å². The van der Waals surface area contributed by atoms with Crippen molar-refractivity contribution in [1.29, 1.82) is 0 Å². The summed E-state index contributed by atoms with van der Waals surface area (Å²) in [6.07, 6.45) is 0.661. The second-order valence-corrected chi connectivity index (χ2v) is 7.20. The van der Waals surface area contributed by atoms with Gasteiger partial charge in [-0.25, -0.2) is 0 Å². The van der Waals surface area contributed by atoms with Crippen molar-refractivity contribution in [3.05, 3.63) is 0 Å². The van der Waals surface area contributed by atoms with E-state index in [-0.39, 0.29) is 32.8 Å². The predicted octanol–water partition coefficient (Wildman–Crippen LogP) is -1.21. The Labute approximate surface area is 182 Å². The van der Waals surface area contributed by atoms with Gasteiger partial charge >= 0.3 is 17.9 Å². The molecule has 12 nitrogen and oxygen atoms in total. The molecule has 0 aliphatic rings. The number of carboxylic acid groups (broad SMARTS) is 3. The smallest absolute Gasteiger partial charge is 0.317 e. The second-order valence-electron chi connectivity index (χ2n) is 7.20. The number of aliphatic hydroxyl groups is 2.